The molecule has 0 amide bonds. The molecule has 1 aliphatic heterocycles. The summed E-state index contributed by atoms with van der Waals surface area (Å²) in [6, 6.07) is 18.9. The van der Waals surface area contributed by atoms with Gasteiger partial charge in [-0.2, -0.15) is 0 Å². The Balaban J connectivity index is 1.76. The van der Waals surface area contributed by atoms with Gasteiger partial charge in [0.2, 0.25) is 0 Å². The Kier molecular flexibility index (Phi) is 2.93. The summed E-state index contributed by atoms with van der Waals surface area (Å²) in [6.45, 7) is 2.22. The van der Waals surface area contributed by atoms with Gasteiger partial charge in [0.1, 0.15) is 0 Å². The zero-order chi connectivity index (χ0) is 12.4. The van der Waals surface area contributed by atoms with Gasteiger partial charge < -0.3 is 10.6 Å². The van der Waals surface area contributed by atoms with E-state index in [0.717, 1.165) is 18.8 Å². The molecule has 2 heteroatoms. The second kappa shape index (κ2) is 4.73. The van der Waals surface area contributed by atoms with Crippen molar-refractivity contribution in [2.45, 2.75) is 12.3 Å². The normalized spacial score (nSPS) is 19.1. The van der Waals surface area contributed by atoms with Crippen molar-refractivity contribution in [1.29, 1.82) is 0 Å². The fraction of sp³-hybridized carbons (Fsp3) is 0.250. The lowest BCUT2D eigenvalue weighted by Gasteiger charge is -2.18. The van der Waals surface area contributed by atoms with Crippen molar-refractivity contribution < 1.29 is 0 Å². The van der Waals surface area contributed by atoms with Gasteiger partial charge in [0.05, 0.1) is 0 Å². The number of nitrogens with two attached hydrogens (primary N) is 1. The first kappa shape index (κ1) is 11.1. The predicted octanol–water partition coefficient (Wildman–Crippen LogP) is 3.26. The molecule has 2 N–H and O–H groups in total. The zero-order valence-electron chi connectivity index (χ0n) is 10.4. The fourth-order valence-corrected chi connectivity index (χ4v) is 2.72. The maximum Gasteiger partial charge on any atom is 0.0366 e. The number of rotatable bonds is 2. The van der Waals surface area contributed by atoms with Crippen molar-refractivity contribution in [1.82, 2.24) is 0 Å². The van der Waals surface area contributed by atoms with Crippen LogP contribution in [0.15, 0.2) is 54.6 Å². The monoisotopic (exact) mass is 238 g/mol. The predicted molar refractivity (Wildman–Crippen MR) is 76.9 cm³/mol. The third kappa shape index (κ3) is 2.19. The molecule has 1 unspecified atom stereocenters. The molecule has 2 aromatic rings. The largest absolute Gasteiger partial charge is 0.399 e. The standard InChI is InChI=1S/C16H18N2/c17-15-6-4-5-13(11-15)14-9-10-18(12-14)16-7-2-1-3-8-16/h1-8,11,14H,9-10,12,17H2. The summed E-state index contributed by atoms with van der Waals surface area (Å²) in [6.07, 6.45) is 1.21. The van der Waals surface area contributed by atoms with Crippen LogP contribution in [-0.4, -0.2) is 13.1 Å². The van der Waals surface area contributed by atoms with Crippen LogP contribution in [0.5, 0.6) is 0 Å². The molecule has 0 aliphatic carbocycles. The Morgan fingerprint density at radius 3 is 2.61 bits per heavy atom. The van der Waals surface area contributed by atoms with Crippen LogP contribution in [0.4, 0.5) is 11.4 Å². The van der Waals surface area contributed by atoms with Crippen LogP contribution in [0, 0.1) is 0 Å². The first-order chi connectivity index (χ1) is 8.83. The van der Waals surface area contributed by atoms with Crippen molar-refractivity contribution >= 4 is 11.4 Å². The second-order valence-corrected chi connectivity index (χ2v) is 4.94. The molecule has 1 saturated heterocycles. The van der Waals surface area contributed by atoms with Gasteiger partial charge in [-0.15, -0.1) is 0 Å². The number of hydrogen-bond donors (Lipinski definition) is 1. The molecule has 1 aliphatic rings. The fourth-order valence-electron chi connectivity index (χ4n) is 2.72. The van der Waals surface area contributed by atoms with Gasteiger partial charge in [-0.1, -0.05) is 30.3 Å². The minimum Gasteiger partial charge on any atom is -0.399 e. The lowest BCUT2D eigenvalue weighted by Crippen LogP contribution is -2.18. The van der Waals surface area contributed by atoms with Crippen LogP contribution in [0.1, 0.15) is 17.9 Å². The summed E-state index contributed by atoms with van der Waals surface area (Å²) in [4.78, 5) is 2.45. The van der Waals surface area contributed by atoms with Gasteiger partial charge >= 0.3 is 0 Å². The average molecular weight is 238 g/mol. The van der Waals surface area contributed by atoms with E-state index in [2.05, 4.69) is 53.4 Å². The summed E-state index contributed by atoms with van der Waals surface area (Å²) in [5.41, 5.74) is 9.42. The van der Waals surface area contributed by atoms with Crippen LogP contribution >= 0.6 is 0 Å². The van der Waals surface area contributed by atoms with Crippen LogP contribution in [0.3, 0.4) is 0 Å². The smallest absolute Gasteiger partial charge is 0.0366 e. The molecule has 0 radical (unpaired) electrons. The molecule has 2 aromatic carbocycles. The number of para-hydroxylation sites is 1. The topological polar surface area (TPSA) is 29.3 Å². The molecule has 1 atom stereocenters. The average Bonchev–Trinajstić information content (AvgIpc) is 2.89. The highest BCUT2D eigenvalue weighted by Gasteiger charge is 2.23. The van der Waals surface area contributed by atoms with Crippen LogP contribution in [0.25, 0.3) is 0 Å². The highest BCUT2D eigenvalue weighted by molar-refractivity contribution is 5.49. The van der Waals surface area contributed by atoms with Crippen LogP contribution < -0.4 is 10.6 Å². The molecule has 2 nitrogen and oxygen atoms in total. The van der Waals surface area contributed by atoms with E-state index in [9.17, 15) is 0 Å². The van der Waals surface area contributed by atoms with E-state index < -0.39 is 0 Å². The van der Waals surface area contributed by atoms with Gasteiger partial charge in [-0.3, -0.25) is 0 Å². The molecule has 1 fully saturated rings. The van der Waals surface area contributed by atoms with Gasteiger partial charge in [0.15, 0.2) is 0 Å². The summed E-state index contributed by atoms with van der Waals surface area (Å²) >= 11 is 0. The molecule has 0 bridgehead atoms. The number of hydrogen-bond acceptors (Lipinski definition) is 2. The molecule has 18 heavy (non-hydrogen) atoms. The minimum atomic E-state index is 0.605. The number of nitrogens with zero attached hydrogens (tertiary/aromatic N) is 1. The number of benzene rings is 2. The van der Waals surface area contributed by atoms with E-state index in [1.807, 2.05) is 6.07 Å². The summed E-state index contributed by atoms with van der Waals surface area (Å²) < 4.78 is 0. The van der Waals surface area contributed by atoms with Gasteiger partial charge in [0, 0.05) is 30.4 Å². The van der Waals surface area contributed by atoms with Gasteiger partial charge in [-0.05, 0) is 36.2 Å². The van der Waals surface area contributed by atoms with Crippen molar-refractivity contribution in [3.05, 3.63) is 60.2 Å². The van der Waals surface area contributed by atoms with Crippen molar-refractivity contribution in [3.8, 4) is 0 Å². The lowest BCUT2D eigenvalue weighted by atomic mass is 9.98. The minimum absolute atomic E-state index is 0.605. The van der Waals surface area contributed by atoms with Gasteiger partial charge in [0.25, 0.3) is 0 Å². The maximum atomic E-state index is 5.86. The Hall–Kier alpha value is -1.96. The van der Waals surface area contributed by atoms with Crippen LogP contribution in [0.2, 0.25) is 0 Å². The highest BCUT2D eigenvalue weighted by Crippen LogP contribution is 2.31. The van der Waals surface area contributed by atoms with Gasteiger partial charge in [-0.25, -0.2) is 0 Å². The van der Waals surface area contributed by atoms with E-state index in [1.54, 1.807) is 0 Å². The van der Waals surface area contributed by atoms with Crippen molar-refractivity contribution in [3.63, 3.8) is 0 Å². The number of nitrogen functional groups attached to an aromatic ring is 1. The molecule has 1 heterocycles. The zero-order valence-corrected chi connectivity index (χ0v) is 10.4. The second-order valence-electron chi connectivity index (χ2n) is 4.94. The quantitative estimate of drug-likeness (QED) is 0.814. The van der Waals surface area contributed by atoms with E-state index in [4.69, 9.17) is 5.73 Å². The summed E-state index contributed by atoms with van der Waals surface area (Å²) in [7, 11) is 0. The van der Waals surface area contributed by atoms with E-state index in [0.29, 0.717) is 5.92 Å². The third-order valence-electron chi connectivity index (χ3n) is 3.69. The molecule has 0 aromatic heterocycles. The molecule has 92 valence electrons. The Bertz CT molecular complexity index is 522. The third-order valence-corrected chi connectivity index (χ3v) is 3.69. The first-order valence-electron chi connectivity index (χ1n) is 6.48. The Morgan fingerprint density at radius 1 is 1.00 bits per heavy atom. The SMILES string of the molecule is Nc1cccc(C2CCN(c3ccccc3)C2)c1. The van der Waals surface area contributed by atoms with Crippen molar-refractivity contribution in [2.24, 2.45) is 0 Å². The molecular formula is C16H18N2. The van der Waals surface area contributed by atoms with E-state index >= 15 is 0 Å². The molecule has 0 spiro atoms. The summed E-state index contributed by atoms with van der Waals surface area (Å²) in [5.74, 6) is 0.605. The molecular weight excluding hydrogens is 220 g/mol. The summed E-state index contributed by atoms with van der Waals surface area (Å²) in [5, 5.41) is 0. The van der Waals surface area contributed by atoms with E-state index in [-0.39, 0.29) is 0 Å². The van der Waals surface area contributed by atoms with Crippen LogP contribution in [-0.2, 0) is 0 Å². The lowest BCUT2D eigenvalue weighted by molar-refractivity contribution is 0.775. The molecule has 0 saturated carbocycles. The number of anilines is 2. The Morgan fingerprint density at radius 2 is 1.83 bits per heavy atom. The Labute approximate surface area is 108 Å². The van der Waals surface area contributed by atoms with Crippen molar-refractivity contribution in [2.75, 3.05) is 23.7 Å². The molecule has 3 rings (SSSR count). The first-order valence-corrected chi connectivity index (χ1v) is 6.48. The van der Waals surface area contributed by atoms with E-state index in [1.165, 1.54) is 17.7 Å². The maximum absolute atomic E-state index is 5.86. The highest BCUT2D eigenvalue weighted by atomic mass is 15.1.